The minimum absolute atomic E-state index is 0.0108. The summed E-state index contributed by atoms with van der Waals surface area (Å²) in [5.41, 5.74) is 1.98. The Morgan fingerprint density at radius 2 is 1.86 bits per heavy atom. The lowest BCUT2D eigenvalue weighted by molar-refractivity contribution is -0.134. The Balaban J connectivity index is 1.57. The fourth-order valence-corrected chi connectivity index (χ4v) is 4.41. The Kier molecular flexibility index (Phi) is 8.33. The summed E-state index contributed by atoms with van der Waals surface area (Å²) < 4.78 is 6.45. The van der Waals surface area contributed by atoms with E-state index in [0.717, 1.165) is 12.8 Å². The van der Waals surface area contributed by atoms with Crippen molar-refractivity contribution in [1.29, 1.82) is 0 Å². The minimum Gasteiger partial charge on any atom is -0.488 e. The van der Waals surface area contributed by atoms with Crippen LogP contribution in [0.3, 0.4) is 0 Å². The molecule has 0 aromatic heterocycles. The Morgan fingerprint density at radius 1 is 1.14 bits per heavy atom. The van der Waals surface area contributed by atoms with E-state index in [2.05, 4.69) is 10.6 Å². The molecule has 1 aliphatic carbocycles. The summed E-state index contributed by atoms with van der Waals surface area (Å²) in [6.07, 6.45) is 1.46. The number of anilines is 2. The Labute approximate surface area is 217 Å². The van der Waals surface area contributed by atoms with Gasteiger partial charge in [0, 0.05) is 42.4 Å². The van der Waals surface area contributed by atoms with Gasteiger partial charge in [0.1, 0.15) is 11.9 Å². The van der Waals surface area contributed by atoms with E-state index in [1.54, 1.807) is 35.0 Å². The van der Waals surface area contributed by atoms with Crippen molar-refractivity contribution in [1.82, 2.24) is 9.80 Å². The van der Waals surface area contributed by atoms with E-state index in [9.17, 15) is 19.5 Å². The van der Waals surface area contributed by atoms with Crippen LogP contribution in [0.25, 0.3) is 0 Å². The maximum atomic E-state index is 13.3. The Hall–Kier alpha value is -3.59. The van der Waals surface area contributed by atoms with Gasteiger partial charge in [0.25, 0.3) is 0 Å². The van der Waals surface area contributed by atoms with E-state index < -0.39 is 6.10 Å². The van der Waals surface area contributed by atoms with E-state index in [1.807, 2.05) is 44.2 Å². The number of hydrogen-bond acceptors (Lipinski definition) is 5. The molecule has 0 radical (unpaired) electrons. The van der Waals surface area contributed by atoms with Gasteiger partial charge in [-0.25, -0.2) is 4.79 Å². The van der Waals surface area contributed by atoms with Gasteiger partial charge in [-0.15, -0.1) is 0 Å². The number of nitrogens with one attached hydrogen (secondary N) is 2. The monoisotopic (exact) mass is 508 g/mol. The van der Waals surface area contributed by atoms with E-state index in [-0.39, 0.29) is 55.3 Å². The smallest absolute Gasteiger partial charge is 0.321 e. The zero-order chi connectivity index (χ0) is 26.5. The number of hydrogen-bond donors (Lipinski definition) is 3. The lowest BCUT2D eigenvalue weighted by atomic mass is 10.0. The van der Waals surface area contributed by atoms with Crippen molar-refractivity contribution in [2.24, 2.45) is 11.8 Å². The fraction of sp³-hybridized carbons (Fsp3) is 0.464. The second-order valence-corrected chi connectivity index (χ2v) is 10.2. The third kappa shape index (κ3) is 6.80. The molecule has 3 N–H and O–H groups in total. The molecule has 0 bridgehead atoms. The number of carbonyl (C=O) groups excluding carboxylic acids is 3. The van der Waals surface area contributed by atoms with E-state index >= 15 is 0 Å². The summed E-state index contributed by atoms with van der Waals surface area (Å²) in [7, 11) is 1.71. The van der Waals surface area contributed by atoms with Crippen LogP contribution in [0, 0.1) is 11.8 Å². The standard InChI is InChI=1S/C28H36N4O5/c1-18-15-32(19(2)17-33)26(34)14-21-13-23(29-27(35)20-9-10-20)11-12-24(21)37-25(18)16-31(3)28(36)30-22-7-5-4-6-8-22/h4-8,11-13,18-20,25,33H,9-10,14-17H2,1-3H3,(H,29,35)(H,30,36)/t18-,19+,25-/m1/s1. The first-order chi connectivity index (χ1) is 17.7. The number of carbonyl (C=O) groups is 3. The summed E-state index contributed by atoms with van der Waals surface area (Å²) in [6, 6.07) is 13.9. The summed E-state index contributed by atoms with van der Waals surface area (Å²) in [5.74, 6) is 0.338. The molecule has 2 aromatic carbocycles. The predicted octanol–water partition coefficient (Wildman–Crippen LogP) is 3.35. The second-order valence-electron chi connectivity index (χ2n) is 10.2. The van der Waals surface area contributed by atoms with Crippen LogP contribution in [-0.2, 0) is 16.0 Å². The van der Waals surface area contributed by atoms with Gasteiger partial charge in [-0.1, -0.05) is 25.1 Å². The number of nitrogens with zero attached hydrogens (tertiary/aromatic N) is 2. The van der Waals surface area contributed by atoms with Crippen LogP contribution >= 0.6 is 0 Å². The number of likely N-dealkylation sites (N-methyl/N-ethyl adjacent to an activating group) is 1. The zero-order valence-corrected chi connectivity index (χ0v) is 21.6. The van der Waals surface area contributed by atoms with Crippen molar-refractivity contribution in [3.05, 3.63) is 54.1 Å². The molecule has 2 aromatic rings. The molecule has 9 heteroatoms. The van der Waals surface area contributed by atoms with Crippen LogP contribution < -0.4 is 15.4 Å². The van der Waals surface area contributed by atoms with Crippen LogP contribution in [0.1, 0.15) is 32.3 Å². The number of aliphatic hydroxyl groups is 1. The first-order valence-electron chi connectivity index (χ1n) is 12.8. The average molecular weight is 509 g/mol. The maximum absolute atomic E-state index is 13.3. The number of para-hydroxylation sites is 1. The van der Waals surface area contributed by atoms with Crippen molar-refractivity contribution < 1.29 is 24.2 Å². The van der Waals surface area contributed by atoms with Gasteiger partial charge in [0.05, 0.1) is 25.6 Å². The van der Waals surface area contributed by atoms with Gasteiger partial charge in [-0.05, 0) is 50.1 Å². The van der Waals surface area contributed by atoms with Crippen LogP contribution in [0.2, 0.25) is 0 Å². The average Bonchev–Trinajstić information content (AvgIpc) is 3.73. The molecular weight excluding hydrogens is 472 g/mol. The van der Waals surface area contributed by atoms with Crippen molar-refractivity contribution in [2.45, 2.75) is 45.3 Å². The minimum atomic E-state index is -0.420. The summed E-state index contributed by atoms with van der Waals surface area (Å²) >= 11 is 0. The van der Waals surface area contributed by atoms with Crippen LogP contribution in [0.4, 0.5) is 16.2 Å². The number of benzene rings is 2. The molecular formula is C28H36N4O5. The third-order valence-corrected chi connectivity index (χ3v) is 6.96. The number of aliphatic hydroxyl groups excluding tert-OH is 1. The molecule has 198 valence electrons. The first-order valence-corrected chi connectivity index (χ1v) is 12.8. The van der Waals surface area contributed by atoms with E-state index in [1.165, 1.54) is 0 Å². The Morgan fingerprint density at radius 3 is 2.54 bits per heavy atom. The highest BCUT2D eigenvalue weighted by Gasteiger charge is 2.33. The van der Waals surface area contributed by atoms with Crippen LogP contribution in [0.5, 0.6) is 5.75 Å². The van der Waals surface area contributed by atoms with Gasteiger partial charge in [0.2, 0.25) is 11.8 Å². The Bertz CT molecular complexity index is 1120. The van der Waals surface area contributed by atoms with E-state index in [0.29, 0.717) is 29.2 Å². The lowest BCUT2D eigenvalue weighted by Gasteiger charge is -2.34. The summed E-state index contributed by atoms with van der Waals surface area (Å²) in [5, 5.41) is 15.6. The molecule has 4 amide bonds. The highest BCUT2D eigenvalue weighted by molar-refractivity contribution is 5.94. The predicted molar refractivity (Wildman–Crippen MR) is 141 cm³/mol. The largest absolute Gasteiger partial charge is 0.488 e. The molecule has 3 atom stereocenters. The van der Waals surface area contributed by atoms with Crippen LogP contribution in [0.15, 0.2) is 48.5 Å². The van der Waals surface area contributed by atoms with Gasteiger partial charge < -0.3 is 30.3 Å². The van der Waals surface area contributed by atoms with Gasteiger partial charge in [0.15, 0.2) is 0 Å². The number of amides is 4. The van der Waals surface area contributed by atoms with Crippen molar-refractivity contribution in [3.63, 3.8) is 0 Å². The number of fused-ring (bicyclic) bond motifs is 1. The molecule has 4 rings (SSSR count). The highest BCUT2D eigenvalue weighted by Crippen LogP contribution is 2.32. The number of ether oxygens (including phenoxy) is 1. The second kappa shape index (κ2) is 11.6. The molecule has 1 heterocycles. The molecule has 9 nitrogen and oxygen atoms in total. The fourth-order valence-electron chi connectivity index (χ4n) is 4.41. The molecule has 0 spiro atoms. The molecule has 0 unspecified atom stereocenters. The summed E-state index contributed by atoms with van der Waals surface area (Å²) in [4.78, 5) is 41.7. The lowest BCUT2D eigenvalue weighted by Crippen LogP contribution is -2.48. The highest BCUT2D eigenvalue weighted by atomic mass is 16.5. The first kappa shape index (κ1) is 26.5. The molecule has 1 aliphatic heterocycles. The topological polar surface area (TPSA) is 111 Å². The zero-order valence-electron chi connectivity index (χ0n) is 21.6. The number of rotatable bonds is 7. The molecule has 0 saturated heterocycles. The number of urea groups is 1. The van der Waals surface area contributed by atoms with Crippen molar-refractivity contribution in [3.8, 4) is 5.75 Å². The molecule has 2 aliphatic rings. The van der Waals surface area contributed by atoms with E-state index in [4.69, 9.17) is 4.74 Å². The van der Waals surface area contributed by atoms with Gasteiger partial charge in [-0.3, -0.25) is 9.59 Å². The molecule has 1 saturated carbocycles. The van der Waals surface area contributed by atoms with Crippen molar-refractivity contribution in [2.75, 3.05) is 37.4 Å². The molecule has 1 fully saturated rings. The van der Waals surface area contributed by atoms with Crippen molar-refractivity contribution >= 4 is 29.2 Å². The summed E-state index contributed by atoms with van der Waals surface area (Å²) in [6.45, 7) is 4.29. The molecule has 37 heavy (non-hydrogen) atoms. The maximum Gasteiger partial charge on any atom is 0.321 e. The normalized spacial score (nSPS) is 20.4. The quantitative estimate of drug-likeness (QED) is 0.531. The SMILES string of the molecule is C[C@@H]1CN([C@@H](C)CO)C(=O)Cc2cc(NC(=O)C3CC3)ccc2O[C@@H]1CN(C)C(=O)Nc1ccccc1. The van der Waals surface area contributed by atoms with Gasteiger partial charge >= 0.3 is 6.03 Å². The van der Waals surface area contributed by atoms with Crippen LogP contribution in [-0.4, -0.2) is 71.6 Å². The third-order valence-electron chi connectivity index (χ3n) is 6.96. The van der Waals surface area contributed by atoms with Gasteiger partial charge in [-0.2, -0.15) is 0 Å².